The molecular formula is C16H26N2O. The van der Waals surface area contributed by atoms with Crippen molar-refractivity contribution in [2.75, 3.05) is 24.5 Å². The predicted octanol–water partition coefficient (Wildman–Crippen LogP) is 3.05. The van der Waals surface area contributed by atoms with Gasteiger partial charge in [-0.2, -0.15) is 0 Å². The number of piperazine rings is 1. The first-order valence-electron chi connectivity index (χ1n) is 7.44. The molecular weight excluding hydrogens is 236 g/mol. The van der Waals surface area contributed by atoms with Gasteiger partial charge in [0.15, 0.2) is 0 Å². The van der Waals surface area contributed by atoms with Crippen LogP contribution in [0.1, 0.15) is 33.6 Å². The number of benzene rings is 1. The maximum atomic E-state index is 5.69. The van der Waals surface area contributed by atoms with E-state index in [2.05, 4.69) is 55.3 Å². The van der Waals surface area contributed by atoms with E-state index in [1.165, 1.54) is 18.5 Å². The van der Waals surface area contributed by atoms with Gasteiger partial charge >= 0.3 is 0 Å². The fourth-order valence-electron chi connectivity index (χ4n) is 2.61. The molecule has 0 amide bonds. The molecule has 3 nitrogen and oxygen atoms in total. The molecule has 1 saturated heterocycles. The van der Waals surface area contributed by atoms with Gasteiger partial charge in [0.05, 0.1) is 6.10 Å². The Bertz CT molecular complexity index is 373. The Hall–Kier alpha value is -1.22. The zero-order valence-electron chi connectivity index (χ0n) is 12.4. The zero-order chi connectivity index (χ0) is 13.7. The van der Waals surface area contributed by atoms with Crippen LogP contribution in [0, 0.1) is 0 Å². The third-order valence-electron chi connectivity index (χ3n) is 3.47. The maximum absolute atomic E-state index is 5.69. The van der Waals surface area contributed by atoms with Crippen molar-refractivity contribution in [3.05, 3.63) is 24.3 Å². The minimum absolute atomic E-state index is 0.235. The molecule has 1 aromatic rings. The summed E-state index contributed by atoms with van der Waals surface area (Å²) in [5.41, 5.74) is 1.30. The molecule has 0 aliphatic carbocycles. The van der Waals surface area contributed by atoms with E-state index in [0.29, 0.717) is 6.04 Å². The molecule has 1 aromatic carbocycles. The Morgan fingerprint density at radius 1 is 1.32 bits per heavy atom. The van der Waals surface area contributed by atoms with Gasteiger partial charge in [-0.25, -0.2) is 0 Å². The van der Waals surface area contributed by atoms with Crippen molar-refractivity contribution in [3.8, 4) is 5.75 Å². The topological polar surface area (TPSA) is 24.5 Å². The van der Waals surface area contributed by atoms with Crippen LogP contribution in [0.2, 0.25) is 0 Å². The average Bonchev–Trinajstić information content (AvgIpc) is 2.40. The first-order chi connectivity index (χ1) is 9.19. The first-order valence-corrected chi connectivity index (χ1v) is 7.44. The van der Waals surface area contributed by atoms with E-state index in [9.17, 15) is 0 Å². The quantitative estimate of drug-likeness (QED) is 0.882. The van der Waals surface area contributed by atoms with E-state index in [1.54, 1.807) is 0 Å². The van der Waals surface area contributed by atoms with Crippen LogP contribution in [0.5, 0.6) is 5.75 Å². The summed E-state index contributed by atoms with van der Waals surface area (Å²) in [5.74, 6) is 0.957. The van der Waals surface area contributed by atoms with E-state index >= 15 is 0 Å². The monoisotopic (exact) mass is 262 g/mol. The molecule has 106 valence electrons. The fourth-order valence-corrected chi connectivity index (χ4v) is 2.61. The molecule has 0 spiro atoms. The van der Waals surface area contributed by atoms with Gasteiger partial charge in [-0.1, -0.05) is 13.3 Å². The summed E-state index contributed by atoms with van der Waals surface area (Å²) in [5, 5.41) is 3.59. The van der Waals surface area contributed by atoms with Gasteiger partial charge < -0.3 is 15.0 Å². The standard InChI is InChI=1S/C16H26N2O/c1-4-5-14-12-18(11-10-17-14)15-6-8-16(9-7-15)19-13(2)3/h6-9,13-14,17H,4-5,10-12H2,1-3H3. The van der Waals surface area contributed by atoms with Crippen molar-refractivity contribution in [1.82, 2.24) is 5.32 Å². The molecule has 1 N–H and O–H groups in total. The van der Waals surface area contributed by atoms with Crippen molar-refractivity contribution >= 4 is 5.69 Å². The molecule has 1 fully saturated rings. The highest BCUT2D eigenvalue weighted by molar-refractivity contribution is 5.49. The van der Waals surface area contributed by atoms with Gasteiger partial charge in [-0.15, -0.1) is 0 Å². The molecule has 0 bridgehead atoms. The second-order valence-electron chi connectivity index (χ2n) is 5.55. The van der Waals surface area contributed by atoms with Gasteiger partial charge in [0.25, 0.3) is 0 Å². The molecule has 0 radical (unpaired) electrons. The summed E-state index contributed by atoms with van der Waals surface area (Å²) in [6.45, 7) is 9.63. The van der Waals surface area contributed by atoms with Crippen LogP contribution in [0.15, 0.2) is 24.3 Å². The highest BCUT2D eigenvalue weighted by atomic mass is 16.5. The van der Waals surface area contributed by atoms with Crippen LogP contribution in [-0.4, -0.2) is 31.8 Å². The molecule has 0 saturated carbocycles. The van der Waals surface area contributed by atoms with Crippen LogP contribution in [0.4, 0.5) is 5.69 Å². The first kappa shape index (κ1) is 14.2. The Labute approximate surface area is 116 Å². The summed E-state index contributed by atoms with van der Waals surface area (Å²) in [4.78, 5) is 2.47. The number of ether oxygens (including phenoxy) is 1. The molecule has 1 aliphatic rings. The number of nitrogens with one attached hydrogen (secondary N) is 1. The summed E-state index contributed by atoms with van der Waals surface area (Å²) in [6, 6.07) is 9.13. The lowest BCUT2D eigenvalue weighted by Crippen LogP contribution is -2.50. The highest BCUT2D eigenvalue weighted by Gasteiger charge is 2.18. The summed E-state index contributed by atoms with van der Waals surface area (Å²) in [6.07, 6.45) is 2.73. The molecule has 19 heavy (non-hydrogen) atoms. The van der Waals surface area contributed by atoms with E-state index in [4.69, 9.17) is 4.74 Å². The predicted molar refractivity (Wildman–Crippen MR) is 81.1 cm³/mol. The van der Waals surface area contributed by atoms with Gasteiger partial charge in [-0.3, -0.25) is 0 Å². The van der Waals surface area contributed by atoms with Gasteiger partial charge in [-0.05, 0) is 44.5 Å². The van der Waals surface area contributed by atoms with Crippen LogP contribution in [0.25, 0.3) is 0 Å². The number of hydrogen-bond donors (Lipinski definition) is 1. The zero-order valence-corrected chi connectivity index (χ0v) is 12.4. The Morgan fingerprint density at radius 2 is 2.05 bits per heavy atom. The van der Waals surface area contributed by atoms with Crippen molar-refractivity contribution in [3.63, 3.8) is 0 Å². The van der Waals surface area contributed by atoms with Crippen LogP contribution < -0.4 is 15.0 Å². The fraction of sp³-hybridized carbons (Fsp3) is 0.625. The Morgan fingerprint density at radius 3 is 2.68 bits per heavy atom. The summed E-state index contributed by atoms with van der Waals surface area (Å²) in [7, 11) is 0. The molecule has 2 rings (SSSR count). The smallest absolute Gasteiger partial charge is 0.119 e. The van der Waals surface area contributed by atoms with Crippen molar-refractivity contribution in [2.24, 2.45) is 0 Å². The number of hydrogen-bond acceptors (Lipinski definition) is 3. The number of rotatable bonds is 5. The van der Waals surface area contributed by atoms with Crippen LogP contribution in [0.3, 0.4) is 0 Å². The summed E-state index contributed by atoms with van der Waals surface area (Å²) >= 11 is 0. The highest BCUT2D eigenvalue weighted by Crippen LogP contribution is 2.21. The molecule has 1 atom stereocenters. The van der Waals surface area contributed by atoms with E-state index < -0.39 is 0 Å². The van der Waals surface area contributed by atoms with Crippen molar-refractivity contribution in [2.45, 2.75) is 45.8 Å². The largest absolute Gasteiger partial charge is 0.491 e. The molecule has 3 heteroatoms. The van der Waals surface area contributed by atoms with Crippen molar-refractivity contribution < 1.29 is 4.74 Å². The number of nitrogens with zero attached hydrogens (tertiary/aromatic N) is 1. The maximum Gasteiger partial charge on any atom is 0.119 e. The Balaban J connectivity index is 1.97. The van der Waals surface area contributed by atoms with E-state index in [0.717, 1.165) is 25.4 Å². The second kappa shape index (κ2) is 6.80. The van der Waals surface area contributed by atoms with Gasteiger partial charge in [0.1, 0.15) is 5.75 Å². The minimum Gasteiger partial charge on any atom is -0.491 e. The minimum atomic E-state index is 0.235. The van der Waals surface area contributed by atoms with Crippen LogP contribution >= 0.6 is 0 Å². The Kier molecular flexibility index (Phi) is 5.08. The normalized spacial score (nSPS) is 19.8. The second-order valence-corrected chi connectivity index (χ2v) is 5.55. The molecule has 1 heterocycles. The van der Waals surface area contributed by atoms with Gasteiger partial charge in [0, 0.05) is 31.4 Å². The molecule has 1 unspecified atom stereocenters. The van der Waals surface area contributed by atoms with Crippen molar-refractivity contribution in [1.29, 1.82) is 0 Å². The lowest BCUT2D eigenvalue weighted by molar-refractivity contribution is 0.242. The molecule has 1 aliphatic heterocycles. The van der Waals surface area contributed by atoms with E-state index in [-0.39, 0.29) is 6.10 Å². The SMILES string of the molecule is CCCC1CN(c2ccc(OC(C)C)cc2)CCN1. The van der Waals surface area contributed by atoms with Crippen LogP contribution in [-0.2, 0) is 0 Å². The lowest BCUT2D eigenvalue weighted by atomic mass is 10.1. The van der Waals surface area contributed by atoms with Gasteiger partial charge in [0.2, 0.25) is 0 Å². The lowest BCUT2D eigenvalue weighted by Gasteiger charge is -2.35. The summed E-state index contributed by atoms with van der Waals surface area (Å²) < 4.78 is 5.69. The number of anilines is 1. The average molecular weight is 262 g/mol. The van der Waals surface area contributed by atoms with E-state index in [1.807, 2.05) is 0 Å². The molecule has 0 aromatic heterocycles. The third-order valence-corrected chi connectivity index (χ3v) is 3.47. The third kappa shape index (κ3) is 4.13.